The van der Waals surface area contributed by atoms with Crippen LogP contribution in [0.2, 0.25) is 0 Å². The molecule has 1 amide bonds. The van der Waals surface area contributed by atoms with Crippen molar-refractivity contribution in [2.75, 3.05) is 21.3 Å². The highest BCUT2D eigenvalue weighted by molar-refractivity contribution is 5.83. The summed E-state index contributed by atoms with van der Waals surface area (Å²) in [5.74, 6) is 0.0403. The molecule has 1 aromatic heterocycles. The molecule has 0 aromatic carbocycles. The maximum atomic E-state index is 11.6. The van der Waals surface area contributed by atoms with Gasteiger partial charge >= 0.3 is 6.01 Å². The van der Waals surface area contributed by atoms with Crippen LogP contribution in [0, 0.1) is 0 Å². The van der Waals surface area contributed by atoms with Crippen molar-refractivity contribution in [2.45, 2.75) is 18.6 Å². The first-order valence-electron chi connectivity index (χ1n) is 5.48. The molecule has 1 aliphatic heterocycles. The number of hydrogen-bond donors (Lipinski definition) is 1. The van der Waals surface area contributed by atoms with Crippen molar-refractivity contribution in [1.29, 1.82) is 0 Å². The normalized spacial score (nSPS) is 23.3. The Morgan fingerprint density at radius 2 is 2.17 bits per heavy atom. The number of aliphatic hydroxyl groups is 1. The van der Waals surface area contributed by atoms with Gasteiger partial charge in [-0.1, -0.05) is 0 Å². The van der Waals surface area contributed by atoms with Crippen LogP contribution >= 0.6 is 0 Å². The molecule has 2 rings (SSSR count). The molecular formula is C11H15N3O4. The number of rotatable bonds is 3. The summed E-state index contributed by atoms with van der Waals surface area (Å²) in [6.07, 6.45) is 0.880. The topological polar surface area (TPSA) is 84.8 Å². The van der Waals surface area contributed by atoms with Crippen molar-refractivity contribution in [3.8, 4) is 11.9 Å². The second kappa shape index (κ2) is 4.77. The molecule has 7 heteroatoms. The summed E-state index contributed by atoms with van der Waals surface area (Å²) in [7, 11) is 4.58. The zero-order valence-electron chi connectivity index (χ0n) is 10.5. The lowest BCUT2D eigenvalue weighted by Gasteiger charge is -2.20. The van der Waals surface area contributed by atoms with Gasteiger partial charge in [-0.2, -0.15) is 4.98 Å². The van der Waals surface area contributed by atoms with E-state index in [0.29, 0.717) is 17.9 Å². The number of amides is 1. The van der Waals surface area contributed by atoms with Crippen LogP contribution in [0.3, 0.4) is 0 Å². The summed E-state index contributed by atoms with van der Waals surface area (Å²) >= 11 is 0. The summed E-state index contributed by atoms with van der Waals surface area (Å²) in [6.45, 7) is 0. The number of likely N-dealkylation sites (N-methyl/N-ethyl adjacent to an activating group) is 1. The van der Waals surface area contributed by atoms with E-state index < -0.39 is 6.10 Å². The minimum atomic E-state index is -0.980. The lowest BCUT2D eigenvalue weighted by molar-refractivity contribution is -0.134. The highest BCUT2D eigenvalue weighted by Crippen LogP contribution is 2.35. The molecule has 1 fully saturated rings. The van der Waals surface area contributed by atoms with Gasteiger partial charge in [0.1, 0.15) is 6.10 Å². The van der Waals surface area contributed by atoms with Gasteiger partial charge in [-0.05, 0) is 0 Å². The van der Waals surface area contributed by atoms with E-state index in [0.717, 1.165) is 0 Å². The largest absolute Gasteiger partial charge is 0.481 e. The van der Waals surface area contributed by atoms with Crippen molar-refractivity contribution < 1.29 is 19.4 Å². The van der Waals surface area contributed by atoms with Crippen molar-refractivity contribution in [1.82, 2.24) is 14.9 Å². The van der Waals surface area contributed by atoms with E-state index in [9.17, 15) is 9.90 Å². The van der Waals surface area contributed by atoms with Gasteiger partial charge in [-0.25, -0.2) is 4.98 Å². The van der Waals surface area contributed by atoms with Gasteiger partial charge in [-0.3, -0.25) is 4.79 Å². The molecule has 0 spiro atoms. The van der Waals surface area contributed by atoms with Gasteiger partial charge < -0.3 is 19.5 Å². The van der Waals surface area contributed by atoms with Gasteiger partial charge in [0.25, 0.3) is 5.91 Å². The van der Waals surface area contributed by atoms with Gasteiger partial charge in [0.05, 0.1) is 25.8 Å². The molecule has 1 aliphatic rings. The first-order chi connectivity index (χ1) is 8.58. The molecule has 18 heavy (non-hydrogen) atoms. The highest BCUT2D eigenvalue weighted by Gasteiger charge is 2.38. The van der Waals surface area contributed by atoms with Gasteiger partial charge in [0.15, 0.2) is 0 Å². The fourth-order valence-electron chi connectivity index (χ4n) is 2.05. The van der Waals surface area contributed by atoms with Gasteiger partial charge in [0, 0.05) is 19.7 Å². The molecule has 2 heterocycles. The van der Waals surface area contributed by atoms with Crippen molar-refractivity contribution >= 4 is 5.91 Å². The fraction of sp³-hybridized carbons (Fsp3) is 0.545. The predicted molar refractivity (Wildman–Crippen MR) is 61.3 cm³/mol. The molecule has 98 valence electrons. The maximum absolute atomic E-state index is 11.6. The van der Waals surface area contributed by atoms with E-state index in [-0.39, 0.29) is 18.0 Å². The second-order valence-corrected chi connectivity index (χ2v) is 4.04. The minimum Gasteiger partial charge on any atom is -0.481 e. The molecule has 0 bridgehead atoms. The molecular weight excluding hydrogens is 238 g/mol. The first kappa shape index (κ1) is 12.6. The van der Waals surface area contributed by atoms with Crippen LogP contribution in [-0.4, -0.2) is 53.3 Å². The number of carbonyl (C=O) groups is 1. The second-order valence-electron chi connectivity index (χ2n) is 4.04. The van der Waals surface area contributed by atoms with Gasteiger partial charge in [-0.15, -0.1) is 0 Å². The maximum Gasteiger partial charge on any atom is 0.319 e. The van der Waals surface area contributed by atoms with Crippen molar-refractivity contribution in [3.63, 3.8) is 0 Å². The van der Waals surface area contributed by atoms with E-state index in [1.807, 2.05) is 0 Å². The number of hydrogen-bond acceptors (Lipinski definition) is 6. The predicted octanol–water partition coefficient (Wildman–Crippen LogP) is -0.242. The lowest BCUT2D eigenvalue weighted by atomic mass is 10.1. The third-order valence-corrected chi connectivity index (χ3v) is 3.04. The van der Waals surface area contributed by atoms with Crippen molar-refractivity contribution in [2.24, 2.45) is 0 Å². The average Bonchev–Trinajstić information content (AvgIpc) is 2.65. The van der Waals surface area contributed by atoms with E-state index >= 15 is 0 Å². The fourth-order valence-corrected chi connectivity index (χ4v) is 2.05. The molecule has 7 nitrogen and oxygen atoms in total. The molecule has 1 saturated heterocycles. The molecule has 1 aromatic rings. The summed E-state index contributed by atoms with van der Waals surface area (Å²) < 4.78 is 10.1. The van der Waals surface area contributed by atoms with E-state index in [4.69, 9.17) is 9.47 Å². The highest BCUT2D eigenvalue weighted by atomic mass is 16.5. The Hall–Kier alpha value is -1.89. The summed E-state index contributed by atoms with van der Waals surface area (Å²) in [4.78, 5) is 21.1. The van der Waals surface area contributed by atoms with Crippen LogP contribution < -0.4 is 9.47 Å². The van der Waals surface area contributed by atoms with Crippen LogP contribution in [-0.2, 0) is 4.79 Å². The van der Waals surface area contributed by atoms with E-state index in [2.05, 4.69) is 9.97 Å². The quantitative estimate of drug-likeness (QED) is 0.800. The summed E-state index contributed by atoms with van der Waals surface area (Å²) in [5.41, 5.74) is 0.658. The molecule has 0 unspecified atom stereocenters. The SMILES string of the molecule is COc1ncc([C@@H]2C[C@H](O)C(=O)N2C)c(OC)n1. The third-order valence-electron chi connectivity index (χ3n) is 3.04. The smallest absolute Gasteiger partial charge is 0.319 e. The van der Waals surface area contributed by atoms with Crippen LogP contribution in [0.4, 0.5) is 0 Å². The molecule has 0 radical (unpaired) electrons. The Kier molecular flexibility index (Phi) is 3.33. The van der Waals surface area contributed by atoms with E-state index in [1.165, 1.54) is 19.1 Å². The summed E-state index contributed by atoms with van der Waals surface area (Å²) in [6, 6.07) is -0.0866. The standard InChI is InChI=1S/C11H15N3O4/c1-14-7(4-8(15)10(14)16)6-5-12-11(18-3)13-9(6)17-2/h5,7-8,15H,4H2,1-3H3/t7-,8-/m0/s1. The first-order valence-corrected chi connectivity index (χ1v) is 5.48. The number of carbonyl (C=O) groups excluding carboxylic acids is 1. The number of aromatic nitrogens is 2. The number of aliphatic hydroxyl groups excluding tert-OH is 1. The van der Waals surface area contributed by atoms with E-state index in [1.54, 1.807) is 13.2 Å². The molecule has 0 saturated carbocycles. The molecule has 2 atom stereocenters. The van der Waals surface area contributed by atoms with Crippen LogP contribution in [0.15, 0.2) is 6.20 Å². The Balaban J connectivity index is 2.36. The van der Waals surface area contributed by atoms with Gasteiger partial charge in [0.2, 0.25) is 5.88 Å². The zero-order chi connectivity index (χ0) is 13.3. The van der Waals surface area contributed by atoms with Crippen LogP contribution in [0.1, 0.15) is 18.0 Å². The third kappa shape index (κ3) is 1.97. The zero-order valence-corrected chi connectivity index (χ0v) is 10.5. The number of nitrogens with zero attached hydrogens (tertiary/aromatic N) is 3. The summed E-state index contributed by atoms with van der Waals surface area (Å²) in [5, 5.41) is 9.57. The molecule has 0 aliphatic carbocycles. The molecule has 1 N–H and O–H groups in total. The minimum absolute atomic E-state index is 0.197. The number of methoxy groups -OCH3 is 2. The average molecular weight is 253 g/mol. The number of likely N-dealkylation sites (tertiary alicyclic amines) is 1. The Bertz CT molecular complexity index is 466. The number of ether oxygens (including phenoxy) is 2. The van der Waals surface area contributed by atoms with Crippen molar-refractivity contribution in [3.05, 3.63) is 11.8 Å². The lowest BCUT2D eigenvalue weighted by Crippen LogP contribution is -2.27. The van der Waals surface area contributed by atoms with Crippen LogP contribution in [0.25, 0.3) is 0 Å². The Labute approximate surface area is 104 Å². The monoisotopic (exact) mass is 253 g/mol. The van der Waals surface area contributed by atoms with Crippen LogP contribution in [0.5, 0.6) is 11.9 Å². The Morgan fingerprint density at radius 1 is 1.44 bits per heavy atom. The Morgan fingerprint density at radius 3 is 2.67 bits per heavy atom.